The molecular formula is C36H50ClN7O6S. The molecule has 0 unspecified atom stereocenters. The van der Waals surface area contributed by atoms with Gasteiger partial charge in [0.25, 0.3) is 0 Å². The number of carbonyl (C=O) groups is 3. The van der Waals surface area contributed by atoms with E-state index in [0.29, 0.717) is 63.3 Å². The third-order valence-corrected chi connectivity index (χ3v) is 9.44. The van der Waals surface area contributed by atoms with Crippen LogP contribution in [0.2, 0.25) is 5.02 Å². The van der Waals surface area contributed by atoms with E-state index in [1.807, 2.05) is 56.5 Å². The Morgan fingerprint density at radius 2 is 1.53 bits per heavy atom. The predicted octanol–water partition coefficient (Wildman–Crippen LogP) is 5.54. The third-order valence-electron chi connectivity index (χ3n) is 7.99. The number of amides is 3. The number of hydrogen-bond donors (Lipinski definition) is 3. The topological polar surface area (TPSA) is 158 Å². The van der Waals surface area contributed by atoms with Gasteiger partial charge in [0.2, 0.25) is 11.8 Å². The standard InChI is InChI=1S/C36H50ClN7O6S/c1-23-24(2)51-34-31(23)32(26-11-13-27(37)14-12-26)41-28(33-43-42-25(3)44(33)34)22-30(46)39-17-19-49-21-20-48-18-16-38-29(45)10-8-7-9-15-40-35(47)50-36(4,5)6/h11-14,28H,7-10,15-22H2,1-6H3,(H,38,45)(H,39,46)(H,40,47)/t28-/m0/s1. The molecule has 13 nitrogen and oxygen atoms in total. The number of aryl methyl sites for hydroxylation is 2. The summed E-state index contributed by atoms with van der Waals surface area (Å²) in [5.41, 5.74) is 3.35. The summed E-state index contributed by atoms with van der Waals surface area (Å²) in [6.45, 7) is 14.3. The lowest BCUT2D eigenvalue weighted by Gasteiger charge is -2.19. The molecule has 278 valence electrons. The Labute approximate surface area is 308 Å². The van der Waals surface area contributed by atoms with E-state index < -0.39 is 17.7 Å². The van der Waals surface area contributed by atoms with E-state index in [1.54, 1.807) is 11.3 Å². The van der Waals surface area contributed by atoms with Gasteiger partial charge in [0.1, 0.15) is 22.5 Å². The summed E-state index contributed by atoms with van der Waals surface area (Å²) < 4.78 is 18.4. The van der Waals surface area contributed by atoms with E-state index in [-0.39, 0.29) is 18.2 Å². The fourth-order valence-electron chi connectivity index (χ4n) is 5.41. The number of ether oxygens (including phenoxy) is 3. The number of unbranched alkanes of at least 4 members (excludes halogenated alkanes) is 2. The second-order valence-corrected chi connectivity index (χ2v) is 14.9. The molecule has 0 saturated carbocycles. The molecule has 0 bridgehead atoms. The number of benzene rings is 1. The number of carbonyl (C=O) groups excluding carboxylic acids is 3. The first-order valence-electron chi connectivity index (χ1n) is 17.4. The van der Waals surface area contributed by atoms with Gasteiger partial charge in [0.05, 0.1) is 38.6 Å². The van der Waals surface area contributed by atoms with Crippen molar-refractivity contribution in [1.29, 1.82) is 0 Å². The normalized spacial score (nSPS) is 13.9. The Bertz CT molecular complexity index is 1660. The molecule has 0 saturated heterocycles. The van der Waals surface area contributed by atoms with Gasteiger partial charge >= 0.3 is 6.09 Å². The van der Waals surface area contributed by atoms with E-state index in [9.17, 15) is 14.4 Å². The molecule has 1 aromatic carbocycles. The van der Waals surface area contributed by atoms with Crippen LogP contribution in [0.4, 0.5) is 4.79 Å². The Morgan fingerprint density at radius 3 is 2.20 bits per heavy atom. The van der Waals surface area contributed by atoms with Crippen LogP contribution in [0.15, 0.2) is 29.3 Å². The highest BCUT2D eigenvalue weighted by Gasteiger charge is 2.32. The van der Waals surface area contributed by atoms with E-state index in [0.717, 1.165) is 52.5 Å². The molecule has 3 amide bonds. The van der Waals surface area contributed by atoms with Crippen LogP contribution in [0.5, 0.6) is 0 Å². The maximum atomic E-state index is 13.1. The molecule has 0 aliphatic carbocycles. The largest absolute Gasteiger partial charge is 0.444 e. The molecule has 15 heteroatoms. The summed E-state index contributed by atoms with van der Waals surface area (Å²) in [7, 11) is 0. The first-order valence-corrected chi connectivity index (χ1v) is 18.6. The van der Waals surface area contributed by atoms with Gasteiger partial charge in [-0.1, -0.05) is 30.2 Å². The molecule has 1 atom stereocenters. The highest BCUT2D eigenvalue weighted by molar-refractivity contribution is 7.15. The molecular weight excluding hydrogens is 694 g/mol. The van der Waals surface area contributed by atoms with Crippen LogP contribution >= 0.6 is 22.9 Å². The molecule has 4 rings (SSSR count). The highest BCUT2D eigenvalue weighted by Crippen LogP contribution is 2.39. The molecule has 51 heavy (non-hydrogen) atoms. The van der Waals surface area contributed by atoms with Gasteiger partial charge in [0.15, 0.2) is 5.82 Å². The zero-order valence-corrected chi connectivity index (χ0v) is 32.0. The fraction of sp³-hybridized carbons (Fsp3) is 0.556. The van der Waals surface area contributed by atoms with Crippen molar-refractivity contribution in [3.05, 3.63) is 62.5 Å². The second kappa shape index (κ2) is 19.1. The highest BCUT2D eigenvalue weighted by atomic mass is 35.5. The van der Waals surface area contributed by atoms with Crippen molar-refractivity contribution in [2.75, 3.05) is 46.1 Å². The van der Waals surface area contributed by atoms with Crippen LogP contribution in [-0.2, 0) is 23.8 Å². The number of nitrogens with zero attached hydrogens (tertiary/aromatic N) is 4. The first kappa shape index (κ1) is 39.9. The summed E-state index contributed by atoms with van der Waals surface area (Å²) >= 11 is 7.86. The zero-order chi connectivity index (χ0) is 37.0. The fourth-order valence-corrected chi connectivity index (χ4v) is 6.75. The van der Waals surface area contributed by atoms with E-state index in [4.69, 9.17) is 30.8 Å². The lowest BCUT2D eigenvalue weighted by atomic mass is 9.99. The van der Waals surface area contributed by atoms with Gasteiger partial charge in [-0.05, 0) is 72.1 Å². The third kappa shape index (κ3) is 12.1. The SMILES string of the molecule is Cc1sc2c(c1C)C(c1ccc(Cl)cc1)=N[C@@H](CC(=O)NCCOCCOCCNC(=O)CCCCCNC(=O)OC(C)(C)C)c1nnc(C)n1-2. The number of thiophene rings is 1. The monoisotopic (exact) mass is 743 g/mol. The summed E-state index contributed by atoms with van der Waals surface area (Å²) in [4.78, 5) is 43.1. The molecule has 2 aromatic heterocycles. The van der Waals surface area contributed by atoms with Crippen molar-refractivity contribution >= 4 is 46.6 Å². The maximum Gasteiger partial charge on any atom is 0.407 e. The Balaban J connectivity index is 1.12. The van der Waals surface area contributed by atoms with E-state index >= 15 is 0 Å². The minimum atomic E-state index is -0.542. The van der Waals surface area contributed by atoms with Gasteiger partial charge in [-0.3, -0.25) is 19.1 Å². The van der Waals surface area contributed by atoms with Crippen LogP contribution in [0.1, 0.15) is 92.1 Å². The van der Waals surface area contributed by atoms with Gasteiger partial charge in [-0.2, -0.15) is 0 Å². The van der Waals surface area contributed by atoms with Crippen LogP contribution < -0.4 is 16.0 Å². The van der Waals surface area contributed by atoms with Crippen molar-refractivity contribution in [3.8, 4) is 5.00 Å². The number of alkyl carbamates (subject to hydrolysis) is 1. The Kier molecular flexibility index (Phi) is 15.0. The van der Waals surface area contributed by atoms with Gasteiger partial charge < -0.3 is 30.2 Å². The van der Waals surface area contributed by atoms with Crippen LogP contribution in [0, 0.1) is 20.8 Å². The average Bonchev–Trinajstić information content (AvgIpc) is 3.54. The van der Waals surface area contributed by atoms with Gasteiger partial charge in [-0.15, -0.1) is 21.5 Å². The molecule has 0 spiro atoms. The number of nitrogens with one attached hydrogen (secondary N) is 3. The lowest BCUT2D eigenvalue weighted by molar-refractivity contribution is -0.122. The van der Waals surface area contributed by atoms with Crippen molar-refractivity contribution < 1.29 is 28.6 Å². The number of fused-ring (bicyclic) bond motifs is 3. The number of aromatic nitrogens is 3. The average molecular weight is 744 g/mol. The van der Waals surface area contributed by atoms with Crippen LogP contribution in [0.3, 0.4) is 0 Å². The van der Waals surface area contributed by atoms with Crippen LogP contribution in [-0.4, -0.2) is 90.0 Å². The van der Waals surface area contributed by atoms with E-state index in [2.05, 4.69) is 40.0 Å². The zero-order valence-electron chi connectivity index (χ0n) is 30.4. The minimum Gasteiger partial charge on any atom is -0.444 e. The minimum absolute atomic E-state index is 0.0295. The lowest BCUT2D eigenvalue weighted by Crippen LogP contribution is -2.33. The number of rotatable bonds is 18. The van der Waals surface area contributed by atoms with Gasteiger partial charge in [0, 0.05) is 47.1 Å². The molecule has 0 fully saturated rings. The number of halogens is 1. The van der Waals surface area contributed by atoms with Crippen molar-refractivity contribution in [1.82, 2.24) is 30.7 Å². The summed E-state index contributed by atoms with van der Waals surface area (Å²) in [6, 6.07) is 7.04. The molecule has 3 N–H and O–H groups in total. The van der Waals surface area contributed by atoms with Crippen molar-refractivity contribution in [2.24, 2.45) is 4.99 Å². The number of hydrogen-bond acceptors (Lipinski definition) is 10. The molecule has 3 aromatic rings. The number of aliphatic imine (C=N–C) groups is 1. The Morgan fingerprint density at radius 1 is 0.863 bits per heavy atom. The van der Waals surface area contributed by atoms with Crippen molar-refractivity contribution in [3.63, 3.8) is 0 Å². The van der Waals surface area contributed by atoms with Crippen LogP contribution in [0.25, 0.3) is 5.00 Å². The Hall–Kier alpha value is -3.85. The molecule has 3 heterocycles. The quantitative estimate of drug-likeness (QED) is 0.143. The molecule has 1 aliphatic heterocycles. The summed E-state index contributed by atoms with van der Waals surface area (Å²) in [6.07, 6.45) is 2.44. The first-order chi connectivity index (χ1) is 24.3. The second-order valence-electron chi connectivity index (χ2n) is 13.3. The maximum absolute atomic E-state index is 13.1. The smallest absolute Gasteiger partial charge is 0.407 e. The summed E-state index contributed by atoms with van der Waals surface area (Å²) in [5, 5.41) is 18.9. The van der Waals surface area contributed by atoms with Crippen molar-refractivity contribution in [2.45, 2.75) is 85.3 Å². The molecule has 0 radical (unpaired) electrons. The van der Waals surface area contributed by atoms with E-state index in [1.165, 1.54) is 4.88 Å². The molecule has 1 aliphatic rings. The predicted molar refractivity (Wildman–Crippen MR) is 198 cm³/mol. The van der Waals surface area contributed by atoms with Gasteiger partial charge in [-0.25, -0.2) is 4.79 Å². The summed E-state index contributed by atoms with van der Waals surface area (Å²) in [5.74, 6) is 1.17.